The van der Waals surface area contributed by atoms with E-state index in [0.29, 0.717) is 44.6 Å². The number of rotatable bonds is 27. The summed E-state index contributed by atoms with van der Waals surface area (Å²) in [5.74, 6) is 5.31. The first-order chi connectivity index (χ1) is 59.0. The minimum atomic E-state index is -0.551. The molecule has 632 valence electrons. The Balaban J connectivity index is 0.000000143. The predicted molar refractivity (Wildman–Crippen MR) is 464 cm³/mol. The second-order valence-electron chi connectivity index (χ2n) is 33.0. The Hall–Kier alpha value is -11.5. The van der Waals surface area contributed by atoms with Crippen LogP contribution in [0.4, 0.5) is 0 Å². The fraction of sp³-hybridized carbons (Fsp3) is 0.400. The number of fused-ring (bicyclic) bond motifs is 6. The standard InChI is InChI=1S/C33H49NO2.C21H27NO.C18H16N2O6.C18H14N2O4.C10H8N2/c1-22(2)7-6-8-23(3)28-11-12-29-27-10-9-25-21-26(36-31(35)24-15-19-34-20-16-24)13-17-32(25,4)30(27)14-18-33(28,29)5;1-3-4-5-6-7-18(2)23-21-12-10-19(11-13-21)8-9-20-14-16-22-17-15-20;21-17(11-1-5-19-6-2-11)25-13-9-23-16-14(10-24-15(13)16)26-18(22)12-3-7-20-8-4-12;21-18(15-6-10-20-11-7-15)23-16-2-1-3-17(12-16)24-22-13-14-4-8-19-9-5-14;1-5-11-6-2-9(1)10-3-7-12-8-4-10/h9,15-16,19-20,22-23,26-30H,6-8,10-14,17-18,21H2,1-5H3;8-18H,3-7H2,1-2H3;1-8,13-16H,9-10H2;1-12H,13H2;1-8H/b;9-8+;;;/t23?,26?,27?,28-,29?,30?,32+,33-;18-;13-,14-,15?,16?;;/m101../s1. The fourth-order valence-corrected chi connectivity index (χ4v) is 17.9. The van der Waals surface area contributed by atoms with Crippen molar-refractivity contribution >= 4 is 36.0 Å². The minimum absolute atomic E-state index is 0.0120. The molecule has 0 amide bonds. The summed E-state index contributed by atoms with van der Waals surface area (Å²) < 4.78 is 39.6. The summed E-state index contributed by atoms with van der Waals surface area (Å²) in [7, 11) is 0. The number of esters is 4. The van der Waals surface area contributed by atoms with E-state index in [1.807, 2.05) is 48.5 Å². The molecular formula is C100H114N8O13. The van der Waals surface area contributed by atoms with Gasteiger partial charge in [-0.1, -0.05) is 122 Å². The normalized spacial score (nSPS) is 22.6. The lowest BCUT2D eigenvalue weighted by Gasteiger charge is -2.58. The van der Waals surface area contributed by atoms with E-state index < -0.39 is 42.3 Å². The Labute approximate surface area is 711 Å². The number of ether oxygens (including phenoxy) is 7. The predicted octanol–water partition coefficient (Wildman–Crippen LogP) is 21.0. The van der Waals surface area contributed by atoms with E-state index >= 15 is 0 Å². The number of hydrogen-bond donors (Lipinski definition) is 0. The highest BCUT2D eigenvalue weighted by molar-refractivity contribution is 5.91. The van der Waals surface area contributed by atoms with Gasteiger partial charge in [0.05, 0.1) is 41.6 Å². The second-order valence-corrected chi connectivity index (χ2v) is 33.0. The smallest absolute Gasteiger partial charge is 0.343 e. The van der Waals surface area contributed by atoms with E-state index in [2.05, 4.69) is 131 Å². The van der Waals surface area contributed by atoms with Crippen molar-refractivity contribution in [2.45, 2.75) is 194 Å². The Kier molecular flexibility index (Phi) is 33.2. The lowest BCUT2D eigenvalue weighted by Crippen LogP contribution is -2.51. The zero-order chi connectivity index (χ0) is 84.6. The molecule has 2 aliphatic heterocycles. The van der Waals surface area contributed by atoms with Crippen LogP contribution in [0, 0.1) is 46.3 Å². The van der Waals surface area contributed by atoms with E-state index in [0.717, 1.165) is 78.1 Å². The summed E-state index contributed by atoms with van der Waals surface area (Å²) in [6.45, 7) is 17.6. The first kappa shape index (κ1) is 88.8. The molecule has 4 aliphatic carbocycles. The molecule has 8 aromatic heterocycles. The van der Waals surface area contributed by atoms with Crippen LogP contribution in [0.3, 0.4) is 0 Å². The summed E-state index contributed by atoms with van der Waals surface area (Å²) in [6.07, 6.45) is 52.2. The van der Waals surface area contributed by atoms with Crippen molar-refractivity contribution < 1.29 is 62.1 Å². The number of carbonyl (C=O) groups is 4. The van der Waals surface area contributed by atoms with Gasteiger partial charge >= 0.3 is 23.9 Å². The number of carbonyl (C=O) groups excluding carboxylic acids is 4. The Morgan fingerprint density at radius 3 is 1.51 bits per heavy atom. The largest absolute Gasteiger partial charge is 0.491 e. The van der Waals surface area contributed by atoms with Crippen LogP contribution >= 0.6 is 0 Å². The van der Waals surface area contributed by atoms with Gasteiger partial charge in [-0.25, -0.2) is 19.2 Å². The fourth-order valence-electron chi connectivity index (χ4n) is 17.9. The Morgan fingerprint density at radius 2 is 0.975 bits per heavy atom. The van der Waals surface area contributed by atoms with Crippen molar-refractivity contribution in [2.75, 3.05) is 13.2 Å². The SMILES string of the molecule is CC(C)CCCC(C)[C@H]1CCC2C3CC=C4CC(OC(=O)c5ccncc5)CC[C@]4(C)C3CC[C@@]21C.CCCCCC[C@H](C)Oc1ccc(/C=C/c2ccncc2)cc1.O=C(O[C@@H]1COC2C1OC[C@H]2OC(=O)c1ccncc1)c1ccncc1.O=C(Oc1cccc(OOCc2ccncc2)c1)c1ccncc1.c1cc(-c2ccncc2)ccn1. The molecule has 10 heterocycles. The molecule has 21 heteroatoms. The molecule has 21 nitrogen and oxygen atoms in total. The van der Waals surface area contributed by atoms with E-state index in [1.54, 1.807) is 140 Å². The lowest BCUT2D eigenvalue weighted by atomic mass is 9.47. The summed E-state index contributed by atoms with van der Waals surface area (Å²) in [5.41, 5.74) is 9.87. The van der Waals surface area contributed by atoms with Crippen LogP contribution in [0.2, 0.25) is 0 Å². The van der Waals surface area contributed by atoms with Gasteiger partial charge in [-0.05, 0) is 260 Å². The van der Waals surface area contributed by atoms with Gasteiger partial charge in [-0.15, -0.1) is 0 Å². The maximum Gasteiger partial charge on any atom is 0.343 e. The number of hydrogen-bond acceptors (Lipinski definition) is 21. The monoisotopic (exact) mass is 1630 g/mol. The van der Waals surface area contributed by atoms with Gasteiger partial charge in [0.15, 0.2) is 18.0 Å². The van der Waals surface area contributed by atoms with Crippen LogP contribution in [0.1, 0.15) is 209 Å². The molecule has 7 unspecified atom stereocenters. The summed E-state index contributed by atoms with van der Waals surface area (Å²) in [4.78, 5) is 90.9. The van der Waals surface area contributed by atoms with Gasteiger partial charge < -0.3 is 38.0 Å². The van der Waals surface area contributed by atoms with Crippen molar-refractivity contribution in [3.8, 4) is 28.4 Å². The number of pyridine rings is 8. The molecule has 2 aromatic carbocycles. The van der Waals surface area contributed by atoms with Gasteiger partial charge in [0, 0.05) is 112 Å². The average Bonchev–Trinajstić information content (AvgIpc) is 1.67. The topological polar surface area (TPSA) is 254 Å². The highest BCUT2D eigenvalue weighted by Gasteiger charge is 2.59. The van der Waals surface area contributed by atoms with Crippen molar-refractivity contribution in [3.63, 3.8) is 0 Å². The first-order valence-electron chi connectivity index (χ1n) is 42.8. The second kappa shape index (κ2) is 45.2. The van der Waals surface area contributed by atoms with Gasteiger partial charge in [0.1, 0.15) is 36.4 Å². The highest BCUT2D eigenvalue weighted by atomic mass is 17.2. The zero-order valence-corrected chi connectivity index (χ0v) is 70.6. The quantitative estimate of drug-likeness (QED) is 0.00881. The van der Waals surface area contributed by atoms with Crippen LogP contribution in [0.15, 0.2) is 256 Å². The Morgan fingerprint density at radius 1 is 0.479 bits per heavy atom. The number of aromatic nitrogens is 8. The molecule has 3 saturated carbocycles. The summed E-state index contributed by atoms with van der Waals surface area (Å²) in [6, 6.07) is 43.5. The highest BCUT2D eigenvalue weighted by Crippen LogP contribution is 2.67. The molecule has 0 spiro atoms. The third-order valence-electron chi connectivity index (χ3n) is 24.4. The zero-order valence-electron chi connectivity index (χ0n) is 70.6. The van der Waals surface area contributed by atoms with Gasteiger partial charge in [0.2, 0.25) is 0 Å². The van der Waals surface area contributed by atoms with E-state index in [4.69, 9.17) is 42.9 Å². The van der Waals surface area contributed by atoms with Crippen LogP contribution < -0.4 is 14.4 Å². The molecule has 0 radical (unpaired) electrons. The van der Waals surface area contributed by atoms with Crippen molar-refractivity contribution in [1.82, 2.24) is 39.9 Å². The molecule has 10 aromatic rings. The van der Waals surface area contributed by atoms with Crippen LogP contribution in [-0.4, -0.2) is 114 Å². The summed E-state index contributed by atoms with van der Waals surface area (Å²) >= 11 is 0. The minimum Gasteiger partial charge on any atom is -0.491 e. The molecule has 16 rings (SSSR count). The van der Waals surface area contributed by atoms with Gasteiger partial charge in [-0.2, -0.15) is 4.89 Å². The molecule has 5 fully saturated rings. The molecule has 6 aliphatic rings. The number of benzene rings is 2. The molecular weight excluding hydrogens is 1520 g/mol. The maximum absolute atomic E-state index is 12.7. The van der Waals surface area contributed by atoms with E-state index in [-0.39, 0.29) is 38.0 Å². The molecule has 2 saturated heterocycles. The molecule has 121 heavy (non-hydrogen) atoms. The van der Waals surface area contributed by atoms with Crippen LogP contribution in [0.5, 0.6) is 17.2 Å². The average molecular weight is 1640 g/mol. The first-order valence-corrected chi connectivity index (χ1v) is 42.8. The molecule has 13 atom stereocenters. The number of unbranched alkanes of at least 4 members (excludes halogenated alkanes) is 3. The van der Waals surface area contributed by atoms with Gasteiger partial charge in [0.25, 0.3) is 0 Å². The van der Waals surface area contributed by atoms with Crippen molar-refractivity contribution in [2.24, 2.45) is 46.3 Å². The summed E-state index contributed by atoms with van der Waals surface area (Å²) in [5, 5.41) is 0. The van der Waals surface area contributed by atoms with Crippen molar-refractivity contribution in [3.05, 3.63) is 295 Å². The maximum atomic E-state index is 12.7. The molecule has 0 N–H and O–H groups in total. The Bertz CT molecular complexity index is 4750. The van der Waals surface area contributed by atoms with Crippen molar-refractivity contribution in [1.29, 1.82) is 0 Å². The van der Waals surface area contributed by atoms with Gasteiger partial charge in [-0.3, -0.25) is 39.9 Å². The van der Waals surface area contributed by atoms with Crippen LogP contribution in [-0.2, 0) is 35.2 Å². The van der Waals surface area contributed by atoms with E-state index in [1.165, 1.54) is 131 Å². The third kappa shape index (κ3) is 25.5. The van der Waals surface area contributed by atoms with E-state index in [9.17, 15) is 19.2 Å². The number of allylic oxidation sites excluding steroid dienone is 1. The van der Waals surface area contributed by atoms with Crippen LogP contribution in [0.25, 0.3) is 23.3 Å². The number of nitrogens with zero attached hydrogens (tertiary/aromatic N) is 8. The lowest BCUT2D eigenvalue weighted by molar-refractivity contribution is -0.217. The molecule has 0 bridgehead atoms. The third-order valence-corrected chi connectivity index (χ3v) is 24.4.